The summed E-state index contributed by atoms with van der Waals surface area (Å²) >= 11 is 3.50. The molecule has 2 unspecified atom stereocenters. The Hall–Kier alpha value is 0.140. The zero-order valence-corrected chi connectivity index (χ0v) is 12.2. The normalized spacial score (nSPS) is 35.6. The number of hydrogen-bond acceptors (Lipinski definition) is 2. The molecule has 1 aliphatic carbocycles. The monoisotopic (exact) mass is 298 g/mol. The standard InChI is InChI=1S/C14H23BrN2/c1-11(15)9-16-8-6-14-12(10-16)3-2-7-17(14)13-4-5-13/h12-14H,1-10H2. The molecular formula is C14H23BrN2. The van der Waals surface area contributed by atoms with Crippen LogP contribution in [0, 0.1) is 5.92 Å². The Morgan fingerprint density at radius 2 is 2.00 bits per heavy atom. The minimum Gasteiger partial charge on any atom is -0.298 e. The molecule has 3 heteroatoms. The van der Waals surface area contributed by atoms with Crippen LogP contribution in [0.2, 0.25) is 0 Å². The maximum Gasteiger partial charge on any atom is 0.0294 e. The van der Waals surface area contributed by atoms with Crippen LogP contribution in [0.3, 0.4) is 0 Å². The predicted octanol–water partition coefficient (Wildman–Crippen LogP) is 2.84. The first-order chi connectivity index (χ1) is 8.24. The van der Waals surface area contributed by atoms with Gasteiger partial charge >= 0.3 is 0 Å². The summed E-state index contributed by atoms with van der Waals surface area (Å²) in [5.41, 5.74) is 0. The second-order valence-corrected chi connectivity index (χ2v) is 7.10. The van der Waals surface area contributed by atoms with Gasteiger partial charge in [0.25, 0.3) is 0 Å². The summed E-state index contributed by atoms with van der Waals surface area (Å²) in [4.78, 5) is 5.42. The van der Waals surface area contributed by atoms with Crippen molar-refractivity contribution in [3.8, 4) is 0 Å². The zero-order valence-electron chi connectivity index (χ0n) is 10.6. The van der Waals surface area contributed by atoms with E-state index < -0.39 is 0 Å². The van der Waals surface area contributed by atoms with Crippen molar-refractivity contribution in [2.45, 2.75) is 44.2 Å². The molecule has 0 aromatic carbocycles. The molecule has 0 spiro atoms. The average molecular weight is 299 g/mol. The first-order valence-corrected chi connectivity index (χ1v) is 7.84. The van der Waals surface area contributed by atoms with Gasteiger partial charge in [-0.15, -0.1) is 0 Å². The second-order valence-electron chi connectivity index (χ2n) is 5.98. The van der Waals surface area contributed by atoms with E-state index in [0.717, 1.165) is 29.0 Å². The molecule has 3 aliphatic rings. The summed E-state index contributed by atoms with van der Waals surface area (Å²) in [7, 11) is 0. The van der Waals surface area contributed by atoms with E-state index in [1.807, 2.05) is 0 Å². The Bertz CT molecular complexity index is 301. The van der Waals surface area contributed by atoms with Crippen LogP contribution in [-0.4, -0.2) is 48.1 Å². The van der Waals surface area contributed by atoms with Gasteiger partial charge in [0, 0.05) is 36.2 Å². The molecule has 0 radical (unpaired) electrons. The number of fused-ring (bicyclic) bond motifs is 1. The van der Waals surface area contributed by atoms with Crippen molar-refractivity contribution in [1.29, 1.82) is 0 Å². The molecule has 96 valence electrons. The smallest absolute Gasteiger partial charge is 0.0294 e. The zero-order chi connectivity index (χ0) is 11.8. The Morgan fingerprint density at radius 1 is 1.18 bits per heavy atom. The van der Waals surface area contributed by atoms with Gasteiger partial charge in [-0.05, 0) is 44.6 Å². The summed E-state index contributed by atoms with van der Waals surface area (Å²) in [6.07, 6.45) is 7.16. The molecule has 0 amide bonds. The number of rotatable bonds is 3. The fourth-order valence-electron chi connectivity index (χ4n) is 3.76. The van der Waals surface area contributed by atoms with E-state index in [4.69, 9.17) is 0 Å². The molecule has 1 saturated carbocycles. The lowest BCUT2D eigenvalue weighted by molar-refractivity contribution is 0.0216. The number of nitrogens with zero attached hydrogens (tertiary/aromatic N) is 2. The van der Waals surface area contributed by atoms with Crippen molar-refractivity contribution in [2.75, 3.05) is 26.2 Å². The molecule has 0 N–H and O–H groups in total. The third-order valence-electron chi connectivity index (χ3n) is 4.61. The fraction of sp³-hybridized carbons (Fsp3) is 0.857. The lowest BCUT2D eigenvalue weighted by Crippen LogP contribution is -2.54. The van der Waals surface area contributed by atoms with Gasteiger partial charge < -0.3 is 0 Å². The highest BCUT2D eigenvalue weighted by Crippen LogP contribution is 2.38. The number of hydrogen-bond donors (Lipinski definition) is 0. The molecule has 2 saturated heterocycles. The summed E-state index contributed by atoms with van der Waals surface area (Å²) in [5, 5.41) is 0. The van der Waals surface area contributed by atoms with E-state index in [9.17, 15) is 0 Å². The summed E-state index contributed by atoms with van der Waals surface area (Å²) in [6.45, 7) is 8.93. The minimum atomic E-state index is 0.899. The van der Waals surface area contributed by atoms with Crippen molar-refractivity contribution >= 4 is 15.9 Å². The van der Waals surface area contributed by atoms with Crippen LogP contribution in [0.5, 0.6) is 0 Å². The van der Waals surface area contributed by atoms with E-state index in [0.29, 0.717) is 0 Å². The van der Waals surface area contributed by atoms with Crippen LogP contribution in [-0.2, 0) is 0 Å². The first kappa shape index (κ1) is 12.2. The predicted molar refractivity (Wildman–Crippen MR) is 75.4 cm³/mol. The average Bonchev–Trinajstić information content (AvgIpc) is 3.11. The van der Waals surface area contributed by atoms with Gasteiger partial charge in [0.15, 0.2) is 0 Å². The largest absolute Gasteiger partial charge is 0.298 e. The van der Waals surface area contributed by atoms with Gasteiger partial charge in [-0.1, -0.05) is 22.5 Å². The van der Waals surface area contributed by atoms with Gasteiger partial charge in [0.2, 0.25) is 0 Å². The van der Waals surface area contributed by atoms with Crippen LogP contribution in [0.4, 0.5) is 0 Å². The van der Waals surface area contributed by atoms with Gasteiger partial charge in [-0.25, -0.2) is 0 Å². The molecule has 2 atom stereocenters. The molecule has 0 aromatic heterocycles. The maximum atomic E-state index is 3.97. The fourth-order valence-corrected chi connectivity index (χ4v) is 4.12. The van der Waals surface area contributed by atoms with Crippen molar-refractivity contribution in [1.82, 2.24) is 9.80 Å². The maximum absolute atomic E-state index is 3.97. The van der Waals surface area contributed by atoms with Gasteiger partial charge in [-0.2, -0.15) is 0 Å². The Morgan fingerprint density at radius 3 is 2.71 bits per heavy atom. The summed E-state index contributed by atoms with van der Waals surface area (Å²) in [5.74, 6) is 0.921. The van der Waals surface area contributed by atoms with Gasteiger partial charge in [0.1, 0.15) is 0 Å². The van der Waals surface area contributed by atoms with Gasteiger partial charge in [0.05, 0.1) is 0 Å². The molecule has 17 heavy (non-hydrogen) atoms. The van der Waals surface area contributed by atoms with E-state index in [2.05, 4.69) is 32.3 Å². The van der Waals surface area contributed by atoms with E-state index in [1.165, 1.54) is 51.7 Å². The molecule has 0 bridgehead atoms. The van der Waals surface area contributed by atoms with E-state index in [-0.39, 0.29) is 0 Å². The molecule has 3 fully saturated rings. The lowest BCUT2D eigenvalue weighted by Gasteiger charge is -2.47. The van der Waals surface area contributed by atoms with Crippen molar-refractivity contribution in [3.63, 3.8) is 0 Å². The highest BCUT2D eigenvalue weighted by Gasteiger charge is 2.41. The third kappa shape index (κ3) is 2.77. The van der Waals surface area contributed by atoms with Crippen LogP contribution in [0.1, 0.15) is 32.1 Å². The van der Waals surface area contributed by atoms with Crippen LogP contribution in [0.15, 0.2) is 11.1 Å². The van der Waals surface area contributed by atoms with E-state index >= 15 is 0 Å². The molecule has 2 aliphatic heterocycles. The third-order valence-corrected chi connectivity index (χ3v) is 4.86. The molecule has 2 heterocycles. The van der Waals surface area contributed by atoms with Crippen LogP contribution in [0.25, 0.3) is 0 Å². The number of piperidine rings is 2. The topological polar surface area (TPSA) is 6.48 Å². The minimum absolute atomic E-state index is 0.899. The molecule has 0 aromatic rings. The lowest BCUT2D eigenvalue weighted by atomic mass is 9.83. The Labute approximate surface area is 113 Å². The highest BCUT2D eigenvalue weighted by atomic mass is 79.9. The number of likely N-dealkylation sites (tertiary alicyclic amines) is 2. The SMILES string of the molecule is C=C(Br)CN1CCC2C(CCCN2C2CC2)C1. The molecule has 2 nitrogen and oxygen atoms in total. The van der Waals surface area contributed by atoms with Gasteiger partial charge in [-0.3, -0.25) is 9.80 Å². The number of halogens is 1. The molecule has 3 rings (SSSR count). The highest BCUT2D eigenvalue weighted by molar-refractivity contribution is 9.11. The van der Waals surface area contributed by atoms with E-state index in [1.54, 1.807) is 0 Å². The van der Waals surface area contributed by atoms with Crippen molar-refractivity contribution in [3.05, 3.63) is 11.1 Å². The first-order valence-electron chi connectivity index (χ1n) is 7.05. The summed E-state index contributed by atoms with van der Waals surface area (Å²) in [6, 6.07) is 1.86. The summed E-state index contributed by atoms with van der Waals surface area (Å²) < 4.78 is 1.13. The quantitative estimate of drug-likeness (QED) is 0.790. The van der Waals surface area contributed by atoms with Crippen LogP contribution < -0.4 is 0 Å². The Balaban J connectivity index is 1.61. The van der Waals surface area contributed by atoms with Crippen molar-refractivity contribution < 1.29 is 0 Å². The Kier molecular flexibility index (Phi) is 3.60. The van der Waals surface area contributed by atoms with Crippen molar-refractivity contribution in [2.24, 2.45) is 5.92 Å². The molecular weight excluding hydrogens is 276 g/mol. The second kappa shape index (κ2) is 5.02. The van der Waals surface area contributed by atoms with Crippen LogP contribution >= 0.6 is 15.9 Å².